The van der Waals surface area contributed by atoms with Crippen molar-refractivity contribution in [1.82, 2.24) is 14.4 Å². The van der Waals surface area contributed by atoms with Crippen molar-refractivity contribution in [2.24, 2.45) is 12.5 Å². The van der Waals surface area contributed by atoms with E-state index in [0.29, 0.717) is 6.04 Å². The van der Waals surface area contributed by atoms with Crippen LogP contribution in [0.1, 0.15) is 22.5 Å². The zero-order chi connectivity index (χ0) is 20.8. The molecule has 0 aliphatic carbocycles. The van der Waals surface area contributed by atoms with Crippen LogP contribution in [0.4, 0.5) is 0 Å². The molecule has 2 aromatic rings. The van der Waals surface area contributed by atoms with Gasteiger partial charge in [0.15, 0.2) is 0 Å². The Kier molecular flexibility index (Phi) is 5.17. The van der Waals surface area contributed by atoms with E-state index in [2.05, 4.69) is 16.5 Å². The number of carbonyl (C=O) groups is 1. The van der Waals surface area contributed by atoms with E-state index >= 15 is 0 Å². The van der Waals surface area contributed by atoms with Crippen LogP contribution in [0.5, 0.6) is 5.75 Å². The van der Waals surface area contributed by atoms with Gasteiger partial charge in [0.2, 0.25) is 0 Å². The Balaban J connectivity index is 1.49. The monoisotopic (exact) mass is 397 g/mol. The molecule has 156 valence electrons. The number of hydrogen-bond donors (Lipinski definition) is 0. The summed E-state index contributed by atoms with van der Waals surface area (Å²) >= 11 is 0. The average molecular weight is 398 g/mol. The van der Waals surface area contributed by atoms with Gasteiger partial charge >= 0.3 is 0 Å². The van der Waals surface area contributed by atoms with Crippen LogP contribution in [0.2, 0.25) is 0 Å². The Labute approximate surface area is 173 Å². The lowest BCUT2D eigenvalue weighted by molar-refractivity contribution is 0.0112. The van der Waals surface area contributed by atoms with Gasteiger partial charge in [-0.1, -0.05) is 0 Å². The summed E-state index contributed by atoms with van der Waals surface area (Å²) < 4.78 is 12.7. The predicted molar refractivity (Wildman–Crippen MR) is 113 cm³/mol. The van der Waals surface area contributed by atoms with Crippen molar-refractivity contribution in [2.75, 3.05) is 47.5 Å². The molecule has 1 unspecified atom stereocenters. The first-order chi connectivity index (χ1) is 13.9. The van der Waals surface area contributed by atoms with Gasteiger partial charge < -0.3 is 23.8 Å². The highest BCUT2D eigenvalue weighted by molar-refractivity contribution is 5.97. The number of rotatable bonds is 5. The zero-order valence-corrected chi connectivity index (χ0v) is 18.1. The van der Waals surface area contributed by atoms with Crippen LogP contribution in [0.25, 0.3) is 11.3 Å². The quantitative estimate of drug-likeness (QED) is 0.778. The fourth-order valence-corrected chi connectivity index (χ4v) is 5.02. The second-order valence-electron chi connectivity index (χ2n) is 8.71. The minimum absolute atomic E-state index is 0.140. The van der Waals surface area contributed by atoms with Gasteiger partial charge in [-0.05, 0) is 56.3 Å². The highest BCUT2D eigenvalue weighted by atomic mass is 16.5. The Bertz CT molecular complexity index is 897. The topological polar surface area (TPSA) is 46.9 Å². The van der Waals surface area contributed by atoms with E-state index in [1.807, 2.05) is 49.2 Å². The maximum atomic E-state index is 13.2. The zero-order valence-electron chi connectivity index (χ0n) is 18.1. The van der Waals surface area contributed by atoms with Gasteiger partial charge in [0, 0.05) is 56.6 Å². The second kappa shape index (κ2) is 7.50. The lowest BCUT2D eigenvalue weighted by Crippen LogP contribution is -2.59. The van der Waals surface area contributed by atoms with Crippen molar-refractivity contribution in [1.29, 1.82) is 0 Å². The van der Waals surface area contributed by atoms with Crippen molar-refractivity contribution in [3.8, 4) is 17.0 Å². The number of likely N-dealkylation sites (N-methyl/N-ethyl adjacent to an activating group) is 1. The molecule has 4 rings (SSSR count). The molecule has 1 amide bonds. The average Bonchev–Trinajstić information content (AvgIpc) is 3.18. The number of carbonyl (C=O) groups excluding carboxylic acids is 1. The molecule has 0 bridgehead atoms. The number of ether oxygens (including phenoxy) is 2. The molecule has 29 heavy (non-hydrogen) atoms. The molecule has 6 heteroatoms. The Hall–Kier alpha value is -2.31. The van der Waals surface area contributed by atoms with Crippen LogP contribution in [-0.2, 0) is 11.8 Å². The Morgan fingerprint density at radius 2 is 1.83 bits per heavy atom. The Morgan fingerprint density at radius 3 is 2.45 bits per heavy atom. The molecule has 0 N–H and O–H groups in total. The molecule has 1 aromatic heterocycles. The first-order valence-electron chi connectivity index (χ1n) is 10.2. The maximum Gasteiger partial charge on any atom is 0.255 e. The lowest BCUT2D eigenvalue weighted by atomic mass is 9.77. The summed E-state index contributed by atoms with van der Waals surface area (Å²) in [6.45, 7) is 5.49. The van der Waals surface area contributed by atoms with Crippen molar-refractivity contribution < 1.29 is 14.3 Å². The van der Waals surface area contributed by atoms with E-state index in [4.69, 9.17) is 9.47 Å². The van der Waals surface area contributed by atoms with Crippen molar-refractivity contribution in [2.45, 2.75) is 19.4 Å². The lowest BCUT2D eigenvalue weighted by Gasteiger charge is -2.48. The van der Waals surface area contributed by atoms with Crippen LogP contribution < -0.4 is 4.74 Å². The molecule has 1 spiro atoms. The summed E-state index contributed by atoms with van der Waals surface area (Å²) in [7, 11) is 7.60. The molecule has 2 aliphatic rings. The highest BCUT2D eigenvalue weighted by Gasteiger charge is 2.52. The standard InChI is InChI=1S/C23H31N3O3/c1-16-20(10-21(25(16)3)17-6-8-19(29-5)9-7-17)22(27)26-14-23(15-26)11-18(12-28-4)24(2)13-23/h6-10,18H,11-15H2,1-5H3. The van der Waals surface area contributed by atoms with E-state index in [-0.39, 0.29) is 11.3 Å². The summed E-state index contributed by atoms with van der Waals surface area (Å²) in [5.41, 5.74) is 4.16. The summed E-state index contributed by atoms with van der Waals surface area (Å²) in [6, 6.07) is 10.4. The number of methoxy groups -OCH3 is 2. The number of amides is 1. The molecular formula is C23H31N3O3. The van der Waals surface area contributed by atoms with Crippen LogP contribution in [0.3, 0.4) is 0 Å². The van der Waals surface area contributed by atoms with Gasteiger partial charge in [0.05, 0.1) is 19.3 Å². The molecule has 1 atom stereocenters. The summed E-state index contributed by atoms with van der Waals surface area (Å²) in [5, 5.41) is 0. The van der Waals surface area contributed by atoms with Gasteiger partial charge in [-0.2, -0.15) is 0 Å². The van der Waals surface area contributed by atoms with Gasteiger partial charge in [0.1, 0.15) is 5.75 Å². The van der Waals surface area contributed by atoms with Crippen molar-refractivity contribution in [3.05, 3.63) is 41.6 Å². The molecule has 2 saturated heterocycles. The predicted octanol–water partition coefficient (Wildman–Crippen LogP) is 2.80. The SMILES string of the molecule is COCC1CC2(CN(C(=O)c3cc(-c4ccc(OC)cc4)n(C)c3C)C2)CN1C. The molecule has 2 fully saturated rings. The van der Waals surface area contributed by atoms with Crippen LogP contribution in [-0.4, -0.2) is 73.8 Å². The fraction of sp³-hybridized carbons (Fsp3) is 0.522. The first kappa shape index (κ1) is 20.0. The molecule has 3 heterocycles. The van der Waals surface area contributed by atoms with Gasteiger partial charge in [-0.25, -0.2) is 0 Å². The molecule has 6 nitrogen and oxygen atoms in total. The smallest absolute Gasteiger partial charge is 0.255 e. The maximum absolute atomic E-state index is 13.2. The minimum atomic E-state index is 0.140. The molecular weight excluding hydrogens is 366 g/mol. The van der Waals surface area contributed by atoms with E-state index in [9.17, 15) is 4.79 Å². The largest absolute Gasteiger partial charge is 0.497 e. The number of nitrogens with zero attached hydrogens (tertiary/aromatic N) is 3. The second-order valence-corrected chi connectivity index (χ2v) is 8.71. The number of hydrogen-bond acceptors (Lipinski definition) is 4. The molecule has 0 saturated carbocycles. The number of benzene rings is 1. The number of likely N-dealkylation sites (tertiary alicyclic amines) is 2. The molecule has 2 aliphatic heterocycles. The van der Waals surface area contributed by atoms with Crippen molar-refractivity contribution in [3.63, 3.8) is 0 Å². The number of aromatic nitrogens is 1. The minimum Gasteiger partial charge on any atom is -0.497 e. The summed E-state index contributed by atoms with van der Waals surface area (Å²) in [5.74, 6) is 0.969. The van der Waals surface area contributed by atoms with Crippen LogP contribution >= 0.6 is 0 Å². The molecule has 1 aromatic carbocycles. The fourth-order valence-electron chi connectivity index (χ4n) is 5.02. The third-order valence-electron chi connectivity index (χ3n) is 6.73. The van der Waals surface area contributed by atoms with E-state index in [1.54, 1.807) is 14.2 Å². The van der Waals surface area contributed by atoms with Crippen LogP contribution in [0, 0.1) is 12.3 Å². The first-order valence-corrected chi connectivity index (χ1v) is 10.2. The molecule has 0 radical (unpaired) electrons. The van der Waals surface area contributed by atoms with Gasteiger partial charge in [-0.3, -0.25) is 4.79 Å². The highest BCUT2D eigenvalue weighted by Crippen LogP contribution is 2.43. The van der Waals surface area contributed by atoms with Gasteiger partial charge in [-0.15, -0.1) is 0 Å². The Morgan fingerprint density at radius 1 is 1.14 bits per heavy atom. The van der Waals surface area contributed by atoms with Crippen molar-refractivity contribution >= 4 is 5.91 Å². The third kappa shape index (κ3) is 3.45. The van der Waals surface area contributed by atoms with E-state index in [1.165, 1.54) is 0 Å². The summed E-state index contributed by atoms with van der Waals surface area (Å²) in [6.07, 6.45) is 1.10. The van der Waals surface area contributed by atoms with E-state index in [0.717, 1.165) is 60.9 Å². The summed E-state index contributed by atoms with van der Waals surface area (Å²) in [4.78, 5) is 17.6. The third-order valence-corrected chi connectivity index (χ3v) is 6.73. The normalized spacial score (nSPS) is 20.9. The van der Waals surface area contributed by atoms with Crippen LogP contribution in [0.15, 0.2) is 30.3 Å². The van der Waals surface area contributed by atoms with E-state index < -0.39 is 0 Å². The van der Waals surface area contributed by atoms with Gasteiger partial charge in [0.25, 0.3) is 5.91 Å².